The molecule has 0 bridgehead atoms. The molecule has 0 aromatic carbocycles. The molecule has 0 saturated heterocycles. The first kappa shape index (κ1) is 6.49. The highest BCUT2D eigenvalue weighted by atomic mass is 16.5. The molecule has 0 saturated carbocycles. The Morgan fingerprint density at radius 1 is 1.78 bits per heavy atom. The molecule has 0 amide bonds. The zero-order chi connectivity index (χ0) is 6.85. The van der Waals surface area contributed by atoms with Crippen molar-refractivity contribution in [2.75, 3.05) is 6.61 Å². The third kappa shape index (κ3) is 1.39. The average Bonchev–Trinajstić information content (AvgIpc) is 1.80. The SMILES string of the molecule is CC1=CC(=O)C(C)OC1. The third-order valence-electron chi connectivity index (χ3n) is 1.35. The van der Waals surface area contributed by atoms with Crippen LogP contribution in [0, 0.1) is 0 Å². The molecule has 1 heterocycles. The lowest BCUT2D eigenvalue weighted by Gasteiger charge is -2.15. The van der Waals surface area contributed by atoms with Crippen LogP contribution in [0.25, 0.3) is 0 Å². The van der Waals surface area contributed by atoms with Crippen LogP contribution in [0.2, 0.25) is 0 Å². The normalized spacial score (nSPS) is 28.0. The third-order valence-corrected chi connectivity index (χ3v) is 1.35. The predicted molar refractivity (Wildman–Crippen MR) is 34.2 cm³/mol. The Hall–Kier alpha value is -0.630. The van der Waals surface area contributed by atoms with Crippen molar-refractivity contribution >= 4 is 5.78 Å². The minimum Gasteiger partial charge on any atom is -0.366 e. The predicted octanol–water partition coefficient (Wildman–Crippen LogP) is 0.921. The van der Waals surface area contributed by atoms with Crippen LogP contribution in [0.3, 0.4) is 0 Å². The molecule has 2 heteroatoms. The van der Waals surface area contributed by atoms with Gasteiger partial charge in [0.15, 0.2) is 5.78 Å². The molecule has 0 radical (unpaired) electrons. The van der Waals surface area contributed by atoms with Gasteiger partial charge in [0.2, 0.25) is 0 Å². The number of hydrogen-bond donors (Lipinski definition) is 0. The Labute approximate surface area is 54.5 Å². The number of hydrogen-bond acceptors (Lipinski definition) is 2. The maximum absolute atomic E-state index is 10.8. The Kier molecular flexibility index (Phi) is 1.67. The zero-order valence-electron chi connectivity index (χ0n) is 5.68. The second-order valence-corrected chi connectivity index (χ2v) is 2.35. The highest BCUT2D eigenvalue weighted by Crippen LogP contribution is 2.06. The van der Waals surface area contributed by atoms with E-state index in [-0.39, 0.29) is 11.9 Å². The Morgan fingerprint density at radius 2 is 2.44 bits per heavy atom. The van der Waals surface area contributed by atoms with E-state index < -0.39 is 0 Å². The summed E-state index contributed by atoms with van der Waals surface area (Å²) in [6.07, 6.45) is 1.42. The number of carbonyl (C=O) groups excluding carboxylic acids is 1. The van der Waals surface area contributed by atoms with Crippen molar-refractivity contribution < 1.29 is 9.53 Å². The number of rotatable bonds is 0. The molecule has 50 valence electrons. The summed E-state index contributed by atoms with van der Waals surface area (Å²) >= 11 is 0. The molecule has 0 spiro atoms. The summed E-state index contributed by atoms with van der Waals surface area (Å²) in [5, 5.41) is 0. The minimum atomic E-state index is -0.228. The van der Waals surface area contributed by atoms with Crippen LogP contribution in [-0.2, 0) is 9.53 Å². The highest BCUT2D eigenvalue weighted by Gasteiger charge is 2.15. The van der Waals surface area contributed by atoms with Crippen LogP contribution in [0.5, 0.6) is 0 Å². The monoisotopic (exact) mass is 126 g/mol. The van der Waals surface area contributed by atoms with Gasteiger partial charge in [0, 0.05) is 0 Å². The fourth-order valence-corrected chi connectivity index (χ4v) is 0.740. The van der Waals surface area contributed by atoms with Crippen LogP contribution < -0.4 is 0 Å². The second kappa shape index (κ2) is 2.31. The van der Waals surface area contributed by atoms with E-state index in [1.165, 1.54) is 0 Å². The van der Waals surface area contributed by atoms with Crippen molar-refractivity contribution in [3.8, 4) is 0 Å². The molecule has 0 aliphatic carbocycles. The lowest BCUT2D eigenvalue weighted by Crippen LogP contribution is -2.24. The number of carbonyl (C=O) groups is 1. The molecule has 1 rings (SSSR count). The van der Waals surface area contributed by atoms with Gasteiger partial charge in [-0.15, -0.1) is 0 Å². The van der Waals surface area contributed by atoms with Crippen molar-refractivity contribution in [2.24, 2.45) is 0 Å². The lowest BCUT2D eigenvalue weighted by molar-refractivity contribution is -0.125. The van der Waals surface area contributed by atoms with Gasteiger partial charge in [-0.25, -0.2) is 0 Å². The van der Waals surface area contributed by atoms with Gasteiger partial charge in [-0.05, 0) is 25.5 Å². The molecule has 2 nitrogen and oxygen atoms in total. The van der Waals surface area contributed by atoms with E-state index in [1.54, 1.807) is 13.0 Å². The van der Waals surface area contributed by atoms with Gasteiger partial charge in [-0.3, -0.25) is 4.79 Å². The van der Waals surface area contributed by atoms with Gasteiger partial charge in [-0.1, -0.05) is 0 Å². The fraction of sp³-hybridized carbons (Fsp3) is 0.571. The molecule has 0 fully saturated rings. The first-order valence-corrected chi connectivity index (χ1v) is 3.03. The second-order valence-electron chi connectivity index (χ2n) is 2.35. The van der Waals surface area contributed by atoms with Gasteiger partial charge in [0.1, 0.15) is 6.10 Å². The summed E-state index contributed by atoms with van der Waals surface area (Å²) < 4.78 is 5.08. The Morgan fingerprint density at radius 3 is 2.89 bits per heavy atom. The number of ether oxygens (including phenoxy) is 1. The van der Waals surface area contributed by atoms with E-state index in [1.807, 2.05) is 6.92 Å². The van der Waals surface area contributed by atoms with Crippen LogP contribution in [0.15, 0.2) is 11.6 Å². The maximum Gasteiger partial charge on any atom is 0.184 e. The Bertz CT molecular complexity index is 158. The summed E-state index contributed by atoms with van der Waals surface area (Å²) in [7, 11) is 0. The zero-order valence-corrected chi connectivity index (χ0v) is 5.68. The van der Waals surface area contributed by atoms with Gasteiger partial charge in [-0.2, -0.15) is 0 Å². The van der Waals surface area contributed by atoms with Crippen LogP contribution >= 0.6 is 0 Å². The van der Waals surface area contributed by atoms with Gasteiger partial charge >= 0.3 is 0 Å². The molecule has 1 aliphatic heterocycles. The van der Waals surface area contributed by atoms with Gasteiger partial charge < -0.3 is 4.74 Å². The van der Waals surface area contributed by atoms with E-state index in [0.717, 1.165) is 5.57 Å². The van der Waals surface area contributed by atoms with Crippen molar-refractivity contribution in [1.82, 2.24) is 0 Å². The molecule has 1 atom stereocenters. The summed E-state index contributed by atoms with van der Waals surface area (Å²) in [6, 6.07) is 0. The van der Waals surface area contributed by atoms with Crippen molar-refractivity contribution in [3.05, 3.63) is 11.6 Å². The van der Waals surface area contributed by atoms with E-state index in [9.17, 15) is 4.79 Å². The topological polar surface area (TPSA) is 26.3 Å². The average molecular weight is 126 g/mol. The van der Waals surface area contributed by atoms with E-state index in [0.29, 0.717) is 6.61 Å². The number of ketones is 1. The largest absolute Gasteiger partial charge is 0.366 e. The van der Waals surface area contributed by atoms with E-state index >= 15 is 0 Å². The summed E-state index contributed by atoms with van der Waals surface area (Å²) in [5.41, 5.74) is 1.01. The molecular formula is C7H10O2. The molecular weight excluding hydrogens is 116 g/mol. The van der Waals surface area contributed by atoms with Crippen molar-refractivity contribution in [3.63, 3.8) is 0 Å². The molecule has 9 heavy (non-hydrogen) atoms. The summed E-state index contributed by atoms with van der Waals surface area (Å²) in [5.74, 6) is 0.0822. The van der Waals surface area contributed by atoms with E-state index in [2.05, 4.69) is 0 Å². The van der Waals surface area contributed by atoms with Crippen LogP contribution in [-0.4, -0.2) is 18.5 Å². The first-order chi connectivity index (χ1) is 4.20. The van der Waals surface area contributed by atoms with Crippen LogP contribution in [0.1, 0.15) is 13.8 Å². The fourth-order valence-electron chi connectivity index (χ4n) is 0.740. The summed E-state index contributed by atoms with van der Waals surface area (Å²) in [6.45, 7) is 4.27. The maximum atomic E-state index is 10.8. The van der Waals surface area contributed by atoms with Gasteiger partial charge in [0.25, 0.3) is 0 Å². The van der Waals surface area contributed by atoms with Gasteiger partial charge in [0.05, 0.1) is 6.61 Å². The lowest BCUT2D eigenvalue weighted by atomic mass is 10.1. The molecule has 0 N–H and O–H groups in total. The summed E-state index contributed by atoms with van der Waals surface area (Å²) in [4.78, 5) is 10.8. The van der Waals surface area contributed by atoms with Crippen LogP contribution in [0.4, 0.5) is 0 Å². The van der Waals surface area contributed by atoms with Crippen molar-refractivity contribution in [1.29, 1.82) is 0 Å². The Balaban J connectivity index is 2.70. The first-order valence-electron chi connectivity index (χ1n) is 3.03. The molecule has 0 aromatic rings. The van der Waals surface area contributed by atoms with Crippen molar-refractivity contribution in [2.45, 2.75) is 20.0 Å². The standard InChI is InChI=1S/C7H10O2/c1-5-3-7(8)6(2)9-4-5/h3,6H,4H2,1-2H3. The highest BCUT2D eigenvalue weighted by molar-refractivity contribution is 5.94. The minimum absolute atomic E-state index is 0.0822. The van der Waals surface area contributed by atoms with E-state index in [4.69, 9.17) is 4.74 Å². The molecule has 1 aliphatic rings. The smallest absolute Gasteiger partial charge is 0.184 e. The molecule has 0 aromatic heterocycles. The quantitative estimate of drug-likeness (QED) is 0.482. The molecule has 1 unspecified atom stereocenters.